The fourth-order valence-corrected chi connectivity index (χ4v) is 2.47. The van der Waals surface area contributed by atoms with Gasteiger partial charge in [-0.3, -0.25) is 4.68 Å². The average Bonchev–Trinajstić information content (AvgIpc) is 2.58. The molecule has 0 saturated heterocycles. The number of aryl methyl sites for hydroxylation is 3. The van der Waals surface area contributed by atoms with Gasteiger partial charge in [-0.05, 0) is 40.9 Å². The lowest BCUT2D eigenvalue weighted by Crippen LogP contribution is -2.16. The van der Waals surface area contributed by atoms with Gasteiger partial charge in [-0.15, -0.1) is 0 Å². The summed E-state index contributed by atoms with van der Waals surface area (Å²) in [4.78, 5) is 0. The average molecular weight is 308 g/mol. The smallest absolute Gasteiger partial charge is 0.0739 e. The molecule has 1 N–H and O–H groups in total. The molecular weight excluding hydrogens is 290 g/mol. The molecule has 96 valence electrons. The molecule has 2 rings (SSSR count). The lowest BCUT2D eigenvalue weighted by Gasteiger charge is -2.08. The van der Waals surface area contributed by atoms with E-state index < -0.39 is 0 Å². The molecule has 0 aliphatic rings. The van der Waals surface area contributed by atoms with Crippen molar-refractivity contribution in [1.82, 2.24) is 15.1 Å². The standard InChI is InChI=1S/C14H18BrN3/c1-10-6-4-5-7-12(10)8-16-9-13-14(15)11(2)17-18(13)3/h4-7,16H,8-9H2,1-3H3. The zero-order chi connectivity index (χ0) is 13.1. The van der Waals surface area contributed by atoms with Crippen LogP contribution >= 0.6 is 15.9 Å². The highest BCUT2D eigenvalue weighted by Crippen LogP contribution is 2.20. The van der Waals surface area contributed by atoms with Crippen molar-refractivity contribution in [2.75, 3.05) is 0 Å². The van der Waals surface area contributed by atoms with Gasteiger partial charge in [-0.1, -0.05) is 24.3 Å². The van der Waals surface area contributed by atoms with Gasteiger partial charge in [0.25, 0.3) is 0 Å². The summed E-state index contributed by atoms with van der Waals surface area (Å²) in [6, 6.07) is 8.45. The van der Waals surface area contributed by atoms with Crippen molar-refractivity contribution < 1.29 is 0 Å². The van der Waals surface area contributed by atoms with Crippen LogP contribution in [0.15, 0.2) is 28.7 Å². The van der Waals surface area contributed by atoms with Crippen LogP contribution < -0.4 is 5.32 Å². The molecule has 0 spiro atoms. The van der Waals surface area contributed by atoms with Crippen LogP contribution in [0, 0.1) is 13.8 Å². The van der Waals surface area contributed by atoms with E-state index in [1.807, 2.05) is 18.7 Å². The van der Waals surface area contributed by atoms with Gasteiger partial charge < -0.3 is 5.32 Å². The second-order valence-electron chi connectivity index (χ2n) is 4.50. The van der Waals surface area contributed by atoms with E-state index in [-0.39, 0.29) is 0 Å². The highest BCUT2D eigenvalue weighted by atomic mass is 79.9. The monoisotopic (exact) mass is 307 g/mol. The van der Waals surface area contributed by atoms with Gasteiger partial charge in [-0.25, -0.2) is 0 Å². The molecule has 4 heteroatoms. The Labute approximate surface area is 116 Å². The molecule has 0 aliphatic carbocycles. The number of hydrogen-bond acceptors (Lipinski definition) is 2. The Morgan fingerprint density at radius 1 is 1.22 bits per heavy atom. The maximum absolute atomic E-state index is 4.38. The minimum atomic E-state index is 0.812. The van der Waals surface area contributed by atoms with Gasteiger partial charge in [0.05, 0.1) is 15.9 Å². The first kappa shape index (κ1) is 13.3. The summed E-state index contributed by atoms with van der Waals surface area (Å²) in [6.45, 7) is 5.84. The summed E-state index contributed by atoms with van der Waals surface area (Å²) in [6.07, 6.45) is 0. The van der Waals surface area contributed by atoms with Gasteiger partial charge in [-0.2, -0.15) is 5.10 Å². The quantitative estimate of drug-likeness (QED) is 0.940. The topological polar surface area (TPSA) is 29.9 Å². The number of aromatic nitrogens is 2. The summed E-state index contributed by atoms with van der Waals surface area (Å²) in [5, 5.41) is 7.85. The van der Waals surface area contributed by atoms with Crippen molar-refractivity contribution in [1.29, 1.82) is 0 Å². The van der Waals surface area contributed by atoms with Crippen LogP contribution in [0.3, 0.4) is 0 Å². The van der Waals surface area contributed by atoms with Crippen LogP contribution in [-0.4, -0.2) is 9.78 Å². The Hall–Kier alpha value is -1.13. The van der Waals surface area contributed by atoms with Crippen LogP contribution in [0.2, 0.25) is 0 Å². The van der Waals surface area contributed by atoms with Crippen LogP contribution in [0.4, 0.5) is 0 Å². The van der Waals surface area contributed by atoms with E-state index in [1.54, 1.807) is 0 Å². The molecule has 1 heterocycles. The summed E-state index contributed by atoms with van der Waals surface area (Å²) in [5.41, 5.74) is 4.88. The number of halogens is 1. The Morgan fingerprint density at radius 3 is 2.56 bits per heavy atom. The normalized spacial score (nSPS) is 10.9. The summed E-state index contributed by atoms with van der Waals surface area (Å²) in [5.74, 6) is 0. The predicted octanol–water partition coefficient (Wildman–Crippen LogP) is 3.09. The molecule has 1 aromatic carbocycles. The maximum Gasteiger partial charge on any atom is 0.0739 e. The lowest BCUT2D eigenvalue weighted by atomic mass is 10.1. The minimum Gasteiger partial charge on any atom is -0.307 e. The van der Waals surface area contributed by atoms with E-state index in [4.69, 9.17) is 0 Å². The van der Waals surface area contributed by atoms with Gasteiger partial charge >= 0.3 is 0 Å². The number of rotatable bonds is 4. The third kappa shape index (κ3) is 2.82. The molecule has 0 aliphatic heterocycles. The van der Waals surface area contributed by atoms with Crippen LogP contribution in [0.5, 0.6) is 0 Å². The molecule has 0 amide bonds. The second kappa shape index (κ2) is 5.67. The van der Waals surface area contributed by atoms with Crippen molar-refractivity contribution in [2.45, 2.75) is 26.9 Å². The van der Waals surface area contributed by atoms with E-state index >= 15 is 0 Å². The molecule has 0 bridgehead atoms. The lowest BCUT2D eigenvalue weighted by molar-refractivity contribution is 0.622. The summed E-state index contributed by atoms with van der Waals surface area (Å²) in [7, 11) is 1.97. The summed E-state index contributed by atoms with van der Waals surface area (Å²) >= 11 is 3.58. The molecule has 0 fully saturated rings. The largest absolute Gasteiger partial charge is 0.307 e. The van der Waals surface area contributed by atoms with Crippen molar-refractivity contribution >= 4 is 15.9 Å². The SMILES string of the molecule is Cc1ccccc1CNCc1c(Br)c(C)nn1C. The van der Waals surface area contributed by atoms with Gasteiger partial charge in [0.15, 0.2) is 0 Å². The molecule has 2 aromatic rings. The fraction of sp³-hybridized carbons (Fsp3) is 0.357. The summed E-state index contributed by atoms with van der Waals surface area (Å²) < 4.78 is 3.02. The molecule has 18 heavy (non-hydrogen) atoms. The first-order chi connectivity index (χ1) is 8.59. The maximum atomic E-state index is 4.38. The minimum absolute atomic E-state index is 0.812. The van der Waals surface area contributed by atoms with E-state index in [0.29, 0.717) is 0 Å². The van der Waals surface area contributed by atoms with E-state index in [2.05, 4.69) is 57.5 Å². The zero-order valence-electron chi connectivity index (χ0n) is 11.0. The zero-order valence-corrected chi connectivity index (χ0v) is 12.6. The Kier molecular flexibility index (Phi) is 4.19. The van der Waals surface area contributed by atoms with Crippen LogP contribution in [-0.2, 0) is 20.1 Å². The third-order valence-electron chi connectivity index (χ3n) is 3.13. The van der Waals surface area contributed by atoms with Crippen molar-refractivity contribution in [3.8, 4) is 0 Å². The highest BCUT2D eigenvalue weighted by Gasteiger charge is 2.09. The number of benzene rings is 1. The Balaban J connectivity index is 1.99. The van der Waals surface area contributed by atoms with Crippen molar-refractivity contribution in [3.63, 3.8) is 0 Å². The molecule has 0 unspecified atom stereocenters. The van der Waals surface area contributed by atoms with Crippen molar-refractivity contribution in [3.05, 3.63) is 51.3 Å². The first-order valence-electron chi connectivity index (χ1n) is 6.02. The van der Waals surface area contributed by atoms with Crippen LogP contribution in [0.1, 0.15) is 22.5 Å². The Bertz CT molecular complexity index is 546. The second-order valence-corrected chi connectivity index (χ2v) is 5.29. The van der Waals surface area contributed by atoms with E-state index in [9.17, 15) is 0 Å². The third-order valence-corrected chi connectivity index (χ3v) is 4.16. The fourth-order valence-electron chi connectivity index (χ4n) is 2.00. The number of hydrogen-bond donors (Lipinski definition) is 1. The molecule has 0 radical (unpaired) electrons. The molecule has 0 atom stereocenters. The predicted molar refractivity (Wildman–Crippen MR) is 77.4 cm³/mol. The van der Waals surface area contributed by atoms with Crippen LogP contribution in [0.25, 0.3) is 0 Å². The molecule has 1 aromatic heterocycles. The highest BCUT2D eigenvalue weighted by molar-refractivity contribution is 9.10. The first-order valence-corrected chi connectivity index (χ1v) is 6.82. The molecular formula is C14H18BrN3. The van der Waals surface area contributed by atoms with Gasteiger partial charge in [0.1, 0.15) is 0 Å². The van der Waals surface area contributed by atoms with E-state index in [1.165, 1.54) is 16.8 Å². The van der Waals surface area contributed by atoms with Gasteiger partial charge in [0, 0.05) is 20.1 Å². The Morgan fingerprint density at radius 2 is 1.94 bits per heavy atom. The van der Waals surface area contributed by atoms with Crippen molar-refractivity contribution in [2.24, 2.45) is 7.05 Å². The van der Waals surface area contributed by atoms with Gasteiger partial charge in [0.2, 0.25) is 0 Å². The number of nitrogens with zero attached hydrogens (tertiary/aromatic N) is 2. The molecule has 3 nitrogen and oxygen atoms in total. The molecule has 0 saturated carbocycles. The number of nitrogens with one attached hydrogen (secondary N) is 1. The van der Waals surface area contributed by atoms with E-state index in [0.717, 1.165) is 23.3 Å².